The Morgan fingerprint density at radius 1 is 1.23 bits per heavy atom. The van der Waals surface area contributed by atoms with Crippen LogP contribution in [0.15, 0.2) is 23.1 Å². The molecule has 1 atom stereocenters. The minimum Gasteiger partial charge on any atom is -0.496 e. The van der Waals surface area contributed by atoms with Gasteiger partial charge in [0.25, 0.3) is 0 Å². The van der Waals surface area contributed by atoms with Crippen LogP contribution < -0.4 is 4.74 Å². The normalized spacial score (nSPS) is 15.5. The quantitative estimate of drug-likeness (QED) is 0.781. The van der Waals surface area contributed by atoms with E-state index in [9.17, 15) is 18.3 Å². The van der Waals surface area contributed by atoms with Gasteiger partial charge < -0.3 is 14.9 Å². The summed E-state index contributed by atoms with van der Waals surface area (Å²) in [6.45, 7) is 1.78. The van der Waals surface area contributed by atoms with Crippen LogP contribution in [0.25, 0.3) is 0 Å². The van der Waals surface area contributed by atoms with Crippen molar-refractivity contribution >= 4 is 11.8 Å². The van der Waals surface area contributed by atoms with Crippen molar-refractivity contribution in [3.63, 3.8) is 0 Å². The van der Waals surface area contributed by atoms with E-state index < -0.39 is 30.2 Å². The Balaban J connectivity index is 3.29. The van der Waals surface area contributed by atoms with Crippen LogP contribution >= 0.6 is 11.8 Å². The fraction of sp³-hybridized carbons (Fsp3) is 0.600. The minimum atomic E-state index is -4.91. The standard InChI is InChI=1S/C15H21F3O3S/c1-13(2,8-14(20,9-19)15(16,17)18)11-7-10(22-4)5-6-12(11)21-3/h5-7,19-20H,8-9H2,1-4H3. The number of methoxy groups -OCH3 is 1. The van der Waals surface area contributed by atoms with Gasteiger partial charge in [0.05, 0.1) is 13.7 Å². The highest BCUT2D eigenvalue weighted by molar-refractivity contribution is 7.98. The van der Waals surface area contributed by atoms with Crippen LogP contribution in [-0.2, 0) is 5.41 Å². The third-order valence-electron chi connectivity index (χ3n) is 3.66. The second-order valence-electron chi connectivity index (χ2n) is 5.81. The maximum atomic E-state index is 13.0. The summed E-state index contributed by atoms with van der Waals surface area (Å²) < 4.78 is 44.3. The first-order valence-corrected chi connectivity index (χ1v) is 7.85. The fourth-order valence-corrected chi connectivity index (χ4v) is 2.85. The van der Waals surface area contributed by atoms with Gasteiger partial charge in [0.2, 0.25) is 0 Å². The zero-order valence-corrected chi connectivity index (χ0v) is 13.8. The molecule has 126 valence electrons. The number of aliphatic hydroxyl groups excluding tert-OH is 1. The van der Waals surface area contributed by atoms with Crippen LogP contribution in [0.3, 0.4) is 0 Å². The van der Waals surface area contributed by atoms with Gasteiger partial charge in [0.15, 0.2) is 5.60 Å². The summed E-state index contributed by atoms with van der Waals surface area (Å²) in [4.78, 5) is 0.878. The number of hydrogen-bond acceptors (Lipinski definition) is 4. The molecule has 0 heterocycles. The fourth-order valence-electron chi connectivity index (χ4n) is 2.42. The van der Waals surface area contributed by atoms with Crippen LogP contribution in [0.2, 0.25) is 0 Å². The number of rotatable bonds is 6. The number of benzene rings is 1. The van der Waals surface area contributed by atoms with E-state index in [1.165, 1.54) is 18.9 Å². The topological polar surface area (TPSA) is 49.7 Å². The molecule has 0 aliphatic heterocycles. The van der Waals surface area contributed by atoms with Gasteiger partial charge >= 0.3 is 6.18 Å². The molecule has 0 aromatic heterocycles. The Hall–Kier alpha value is -0.920. The summed E-state index contributed by atoms with van der Waals surface area (Å²) in [6, 6.07) is 5.25. The molecule has 2 N–H and O–H groups in total. The molecule has 0 aliphatic carbocycles. The molecule has 1 unspecified atom stereocenters. The SMILES string of the molecule is COc1ccc(SC)cc1C(C)(C)CC(O)(CO)C(F)(F)F. The summed E-state index contributed by atoms with van der Waals surface area (Å²) in [5.41, 5.74) is -3.65. The zero-order chi connectivity index (χ0) is 17.2. The summed E-state index contributed by atoms with van der Waals surface area (Å²) in [7, 11) is 1.44. The van der Waals surface area contributed by atoms with E-state index in [1.807, 2.05) is 12.3 Å². The van der Waals surface area contributed by atoms with Crippen molar-refractivity contribution in [3.8, 4) is 5.75 Å². The molecule has 0 saturated carbocycles. The van der Waals surface area contributed by atoms with E-state index in [1.54, 1.807) is 26.0 Å². The van der Waals surface area contributed by atoms with Crippen LogP contribution in [0, 0.1) is 0 Å². The van der Waals surface area contributed by atoms with Gasteiger partial charge in [-0.2, -0.15) is 13.2 Å². The lowest BCUT2D eigenvalue weighted by molar-refractivity contribution is -0.277. The van der Waals surface area contributed by atoms with Crippen molar-refractivity contribution in [1.29, 1.82) is 0 Å². The lowest BCUT2D eigenvalue weighted by Gasteiger charge is -2.37. The third-order valence-corrected chi connectivity index (χ3v) is 4.38. The Bertz CT molecular complexity index is 517. The lowest BCUT2D eigenvalue weighted by Crippen LogP contribution is -2.52. The number of thioether (sulfide) groups is 1. The molecular weight excluding hydrogens is 317 g/mol. The van der Waals surface area contributed by atoms with E-state index in [0.29, 0.717) is 11.3 Å². The Morgan fingerprint density at radius 3 is 2.23 bits per heavy atom. The van der Waals surface area contributed by atoms with Gasteiger partial charge in [-0.3, -0.25) is 0 Å². The summed E-state index contributed by atoms with van der Waals surface area (Å²) in [6.07, 6.45) is -3.73. The predicted octanol–water partition coefficient (Wildman–Crippen LogP) is 3.37. The first kappa shape index (κ1) is 19.1. The number of halogens is 3. The highest BCUT2D eigenvalue weighted by Gasteiger charge is 2.55. The van der Waals surface area contributed by atoms with Crippen molar-refractivity contribution in [2.24, 2.45) is 0 Å². The summed E-state index contributed by atoms with van der Waals surface area (Å²) >= 11 is 1.46. The lowest BCUT2D eigenvalue weighted by atomic mass is 9.74. The molecule has 0 amide bonds. The molecule has 0 fully saturated rings. The third kappa shape index (κ3) is 3.88. The molecule has 7 heteroatoms. The molecule has 0 radical (unpaired) electrons. The van der Waals surface area contributed by atoms with Gasteiger partial charge in [0, 0.05) is 10.5 Å². The first-order chi connectivity index (χ1) is 10.0. The number of alkyl halides is 3. The van der Waals surface area contributed by atoms with E-state index in [0.717, 1.165) is 4.90 Å². The Kier molecular flexibility index (Phi) is 5.81. The van der Waals surface area contributed by atoms with Crippen molar-refractivity contribution in [3.05, 3.63) is 23.8 Å². The second-order valence-corrected chi connectivity index (χ2v) is 6.69. The average molecular weight is 338 g/mol. The minimum absolute atomic E-state index is 0.449. The van der Waals surface area contributed by atoms with Gasteiger partial charge in [-0.25, -0.2) is 0 Å². The molecule has 0 bridgehead atoms. The highest BCUT2D eigenvalue weighted by atomic mass is 32.2. The molecule has 0 aliphatic rings. The Labute approximate surface area is 132 Å². The molecule has 1 rings (SSSR count). The second kappa shape index (κ2) is 6.68. The molecule has 1 aromatic carbocycles. The molecule has 0 spiro atoms. The summed E-state index contributed by atoms with van der Waals surface area (Å²) in [5, 5.41) is 18.9. The zero-order valence-electron chi connectivity index (χ0n) is 13.0. The largest absolute Gasteiger partial charge is 0.496 e. The van der Waals surface area contributed by atoms with Crippen LogP contribution in [0.4, 0.5) is 13.2 Å². The van der Waals surface area contributed by atoms with Crippen LogP contribution in [0.1, 0.15) is 25.8 Å². The van der Waals surface area contributed by atoms with Crippen molar-refractivity contribution in [1.82, 2.24) is 0 Å². The van der Waals surface area contributed by atoms with E-state index in [4.69, 9.17) is 9.84 Å². The van der Waals surface area contributed by atoms with Gasteiger partial charge in [-0.05, 0) is 36.3 Å². The van der Waals surface area contributed by atoms with Gasteiger partial charge in [0.1, 0.15) is 5.75 Å². The smallest absolute Gasteiger partial charge is 0.419 e. The average Bonchev–Trinajstić information content (AvgIpc) is 2.44. The predicted molar refractivity (Wildman–Crippen MR) is 80.5 cm³/mol. The van der Waals surface area contributed by atoms with Gasteiger partial charge in [-0.15, -0.1) is 11.8 Å². The maximum Gasteiger partial charge on any atom is 0.419 e. The van der Waals surface area contributed by atoms with Crippen LogP contribution in [-0.4, -0.2) is 42.0 Å². The Morgan fingerprint density at radius 2 is 1.82 bits per heavy atom. The highest BCUT2D eigenvalue weighted by Crippen LogP contribution is 2.44. The monoisotopic (exact) mass is 338 g/mol. The number of aliphatic hydroxyl groups is 2. The van der Waals surface area contributed by atoms with Crippen LogP contribution in [0.5, 0.6) is 5.75 Å². The van der Waals surface area contributed by atoms with E-state index in [-0.39, 0.29) is 0 Å². The summed E-state index contributed by atoms with van der Waals surface area (Å²) in [5.74, 6) is 0.449. The number of hydrogen-bond donors (Lipinski definition) is 2. The maximum absolute atomic E-state index is 13.0. The number of ether oxygens (including phenoxy) is 1. The molecule has 3 nitrogen and oxygen atoms in total. The molecule has 0 saturated heterocycles. The van der Waals surface area contributed by atoms with Crippen molar-refractivity contribution in [2.45, 2.75) is 42.4 Å². The van der Waals surface area contributed by atoms with E-state index in [2.05, 4.69) is 0 Å². The van der Waals surface area contributed by atoms with Crippen molar-refractivity contribution < 1.29 is 28.1 Å². The first-order valence-electron chi connectivity index (χ1n) is 6.63. The molecular formula is C15H21F3O3S. The van der Waals surface area contributed by atoms with Gasteiger partial charge in [-0.1, -0.05) is 13.8 Å². The molecule has 22 heavy (non-hydrogen) atoms. The molecule has 1 aromatic rings. The van der Waals surface area contributed by atoms with E-state index >= 15 is 0 Å². The van der Waals surface area contributed by atoms with Crippen molar-refractivity contribution in [2.75, 3.05) is 20.0 Å².